The van der Waals surface area contributed by atoms with E-state index in [9.17, 15) is 0 Å². The Morgan fingerprint density at radius 3 is 2.84 bits per heavy atom. The van der Waals surface area contributed by atoms with Gasteiger partial charge in [0, 0.05) is 43.7 Å². The number of hydrogen-bond acceptors (Lipinski definition) is 5. The van der Waals surface area contributed by atoms with Crippen molar-refractivity contribution in [1.82, 2.24) is 19.9 Å². The van der Waals surface area contributed by atoms with Crippen LogP contribution >= 0.6 is 0 Å². The quantitative estimate of drug-likeness (QED) is 0.834. The molecule has 0 amide bonds. The molecule has 5 heteroatoms. The van der Waals surface area contributed by atoms with Crippen LogP contribution in [0.5, 0.6) is 0 Å². The van der Waals surface area contributed by atoms with E-state index in [2.05, 4.69) is 24.8 Å². The van der Waals surface area contributed by atoms with Crippen molar-refractivity contribution < 1.29 is 0 Å². The van der Waals surface area contributed by atoms with Crippen LogP contribution in [0.15, 0.2) is 30.9 Å². The Morgan fingerprint density at radius 1 is 1.21 bits per heavy atom. The second kappa shape index (κ2) is 5.30. The molecule has 1 unspecified atom stereocenters. The lowest BCUT2D eigenvalue weighted by Gasteiger charge is -2.17. The zero-order valence-corrected chi connectivity index (χ0v) is 11.0. The largest absolute Gasteiger partial charge is 0.356 e. The maximum atomic E-state index is 4.35. The van der Waals surface area contributed by atoms with Gasteiger partial charge in [0.15, 0.2) is 0 Å². The van der Waals surface area contributed by atoms with Gasteiger partial charge in [0.05, 0.1) is 0 Å². The van der Waals surface area contributed by atoms with E-state index in [0.717, 1.165) is 36.8 Å². The molecular weight excluding hydrogens is 238 g/mol. The molecule has 98 valence electrons. The molecule has 1 aliphatic rings. The van der Waals surface area contributed by atoms with E-state index in [1.165, 1.54) is 6.42 Å². The standard InChI is InChI=1S/C14H17N5/c1-11-7-14(18-10-17-11)19-6-3-12(9-19)8-13-15-4-2-5-16-13/h2,4-5,7,10,12H,3,6,8-9H2,1H3. The number of rotatable bonds is 3. The van der Waals surface area contributed by atoms with Gasteiger partial charge in [-0.15, -0.1) is 0 Å². The number of aromatic nitrogens is 4. The molecular formula is C14H17N5. The molecule has 1 saturated heterocycles. The maximum absolute atomic E-state index is 4.35. The minimum atomic E-state index is 0.609. The van der Waals surface area contributed by atoms with Crippen molar-refractivity contribution >= 4 is 5.82 Å². The van der Waals surface area contributed by atoms with Crippen LogP contribution in [0, 0.1) is 12.8 Å². The van der Waals surface area contributed by atoms with Crippen LogP contribution in [0.25, 0.3) is 0 Å². The summed E-state index contributed by atoms with van der Waals surface area (Å²) in [5, 5.41) is 0. The summed E-state index contributed by atoms with van der Waals surface area (Å²) < 4.78 is 0. The van der Waals surface area contributed by atoms with Crippen LogP contribution in [0.2, 0.25) is 0 Å². The first-order valence-electron chi connectivity index (χ1n) is 6.61. The molecule has 1 atom stereocenters. The highest BCUT2D eigenvalue weighted by molar-refractivity contribution is 5.39. The molecule has 0 aromatic carbocycles. The molecule has 0 saturated carbocycles. The van der Waals surface area contributed by atoms with E-state index < -0.39 is 0 Å². The molecule has 1 aliphatic heterocycles. The molecule has 3 rings (SSSR count). The van der Waals surface area contributed by atoms with Crippen LogP contribution in [-0.4, -0.2) is 33.0 Å². The third-order valence-corrected chi connectivity index (χ3v) is 3.49. The van der Waals surface area contributed by atoms with Crippen LogP contribution < -0.4 is 4.90 Å². The van der Waals surface area contributed by atoms with Gasteiger partial charge in [-0.1, -0.05) is 0 Å². The smallest absolute Gasteiger partial charge is 0.132 e. The Bertz CT molecular complexity index is 543. The van der Waals surface area contributed by atoms with Crippen LogP contribution in [0.3, 0.4) is 0 Å². The monoisotopic (exact) mass is 255 g/mol. The highest BCUT2D eigenvalue weighted by atomic mass is 15.2. The Hall–Kier alpha value is -2.04. The Morgan fingerprint density at radius 2 is 2.05 bits per heavy atom. The lowest BCUT2D eigenvalue weighted by atomic mass is 10.0. The molecule has 0 radical (unpaired) electrons. The zero-order chi connectivity index (χ0) is 13.1. The van der Waals surface area contributed by atoms with Crippen molar-refractivity contribution in [2.75, 3.05) is 18.0 Å². The summed E-state index contributed by atoms with van der Waals surface area (Å²) >= 11 is 0. The van der Waals surface area contributed by atoms with Gasteiger partial charge in [-0.05, 0) is 25.3 Å². The van der Waals surface area contributed by atoms with Crippen LogP contribution in [-0.2, 0) is 6.42 Å². The lowest BCUT2D eigenvalue weighted by molar-refractivity contribution is 0.566. The third kappa shape index (κ3) is 2.86. The summed E-state index contributed by atoms with van der Waals surface area (Å²) in [5.41, 5.74) is 1.01. The molecule has 0 N–H and O–H groups in total. The Kier molecular flexibility index (Phi) is 3.35. The van der Waals surface area contributed by atoms with Gasteiger partial charge in [0.2, 0.25) is 0 Å². The highest BCUT2D eigenvalue weighted by Crippen LogP contribution is 2.23. The van der Waals surface area contributed by atoms with Crippen molar-refractivity contribution in [2.45, 2.75) is 19.8 Å². The molecule has 2 aromatic heterocycles. The first-order chi connectivity index (χ1) is 9.31. The lowest BCUT2D eigenvalue weighted by Crippen LogP contribution is -2.21. The first kappa shape index (κ1) is 12.0. The summed E-state index contributed by atoms with van der Waals surface area (Å²) in [6.07, 6.45) is 7.37. The fourth-order valence-corrected chi connectivity index (χ4v) is 2.51. The van der Waals surface area contributed by atoms with Crippen molar-refractivity contribution in [3.8, 4) is 0 Å². The third-order valence-electron chi connectivity index (χ3n) is 3.49. The number of aryl methyl sites for hydroxylation is 1. The second-order valence-corrected chi connectivity index (χ2v) is 4.99. The Labute approximate surface area is 112 Å². The summed E-state index contributed by atoms with van der Waals surface area (Å²) in [6, 6.07) is 3.90. The van der Waals surface area contributed by atoms with Gasteiger partial charge in [-0.2, -0.15) is 0 Å². The predicted molar refractivity (Wildman–Crippen MR) is 72.8 cm³/mol. The van der Waals surface area contributed by atoms with Crippen LogP contribution in [0.4, 0.5) is 5.82 Å². The Balaban J connectivity index is 1.64. The average Bonchev–Trinajstić information content (AvgIpc) is 2.88. The zero-order valence-electron chi connectivity index (χ0n) is 11.0. The molecule has 0 spiro atoms. The van der Waals surface area contributed by atoms with Crippen molar-refractivity contribution in [3.63, 3.8) is 0 Å². The van der Waals surface area contributed by atoms with Gasteiger partial charge in [-0.3, -0.25) is 0 Å². The molecule has 5 nitrogen and oxygen atoms in total. The number of anilines is 1. The molecule has 1 fully saturated rings. The van der Waals surface area contributed by atoms with Crippen molar-refractivity contribution in [3.05, 3.63) is 42.4 Å². The number of nitrogens with zero attached hydrogens (tertiary/aromatic N) is 5. The second-order valence-electron chi connectivity index (χ2n) is 4.99. The van der Waals surface area contributed by atoms with Gasteiger partial charge in [0.25, 0.3) is 0 Å². The minimum absolute atomic E-state index is 0.609. The van der Waals surface area contributed by atoms with Gasteiger partial charge < -0.3 is 4.90 Å². The first-order valence-corrected chi connectivity index (χ1v) is 6.61. The van der Waals surface area contributed by atoms with Crippen molar-refractivity contribution in [1.29, 1.82) is 0 Å². The van der Waals surface area contributed by atoms with E-state index in [0.29, 0.717) is 5.92 Å². The van der Waals surface area contributed by atoms with E-state index in [-0.39, 0.29) is 0 Å². The molecule has 19 heavy (non-hydrogen) atoms. The SMILES string of the molecule is Cc1cc(N2CCC(Cc3ncccn3)C2)ncn1. The predicted octanol–water partition coefficient (Wildman–Crippen LogP) is 1.64. The van der Waals surface area contributed by atoms with Crippen molar-refractivity contribution in [2.24, 2.45) is 5.92 Å². The van der Waals surface area contributed by atoms with E-state index in [1.807, 2.05) is 31.5 Å². The molecule has 0 aliphatic carbocycles. The summed E-state index contributed by atoms with van der Waals surface area (Å²) in [7, 11) is 0. The van der Waals surface area contributed by atoms with E-state index >= 15 is 0 Å². The van der Waals surface area contributed by atoms with Gasteiger partial charge in [-0.25, -0.2) is 19.9 Å². The average molecular weight is 255 g/mol. The van der Waals surface area contributed by atoms with Gasteiger partial charge >= 0.3 is 0 Å². The van der Waals surface area contributed by atoms with Gasteiger partial charge in [0.1, 0.15) is 18.0 Å². The fraction of sp³-hybridized carbons (Fsp3) is 0.429. The highest BCUT2D eigenvalue weighted by Gasteiger charge is 2.24. The number of hydrogen-bond donors (Lipinski definition) is 0. The van der Waals surface area contributed by atoms with E-state index in [1.54, 1.807) is 6.33 Å². The fourth-order valence-electron chi connectivity index (χ4n) is 2.51. The maximum Gasteiger partial charge on any atom is 0.132 e. The molecule has 3 heterocycles. The minimum Gasteiger partial charge on any atom is -0.356 e. The summed E-state index contributed by atoms with van der Waals surface area (Å²) in [5.74, 6) is 2.58. The normalized spacial score (nSPS) is 18.8. The summed E-state index contributed by atoms with van der Waals surface area (Å²) in [4.78, 5) is 19.4. The topological polar surface area (TPSA) is 54.8 Å². The van der Waals surface area contributed by atoms with E-state index in [4.69, 9.17) is 0 Å². The molecule has 2 aromatic rings. The molecule has 0 bridgehead atoms. The van der Waals surface area contributed by atoms with Crippen LogP contribution in [0.1, 0.15) is 17.9 Å². The summed E-state index contributed by atoms with van der Waals surface area (Å²) in [6.45, 7) is 4.07.